The fourth-order valence-electron chi connectivity index (χ4n) is 3.47. The lowest BCUT2D eigenvalue weighted by atomic mass is 10.1. The summed E-state index contributed by atoms with van der Waals surface area (Å²) in [5.41, 5.74) is 3.55. The zero-order chi connectivity index (χ0) is 18.6. The Balaban J connectivity index is 1.53. The number of likely N-dealkylation sites (tertiary alicyclic amines) is 1. The molecule has 0 unspecified atom stereocenters. The van der Waals surface area contributed by atoms with Gasteiger partial charge in [-0.25, -0.2) is 0 Å². The summed E-state index contributed by atoms with van der Waals surface area (Å²) in [6, 6.07) is 15.4. The standard InChI is InChI=1S/C22H23N3O2/c1-16-8-4-5-9-19(16)21-24-23-20(27-21)17-10-12-18(13-11-17)22(26)25-14-6-2-3-7-15-25/h4-5,8-13H,2-3,6-7,14-15H2,1H3. The van der Waals surface area contributed by atoms with Gasteiger partial charge < -0.3 is 9.32 Å². The molecule has 1 aliphatic rings. The van der Waals surface area contributed by atoms with Gasteiger partial charge in [-0.05, 0) is 55.7 Å². The summed E-state index contributed by atoms with van der Waals surface area (Å²) in [5, 5.41) is 8.34. The van der Waals surface area contributed by atoms with Crippen molar-refractivity contribution < 1.29 is 9.21 Å². The van der Waals surface area contributed by atoms with Crippen molar-refractivity contribution in [2.45, 2.75) is 32.6 Å². The Hall–Kier alpha value is -2.95. The van der Waals surface area contributed by atoms with Crippen molar-refractivity contribution in [1.82, 2.24) is 15.1 Å². The third kappa shape index (κ3) is 3.77. The van der Waals surface area contributed by atoms with Crippen molar-refractivity contribution in [1.29, 1.82) is 0 Å². The van der Waals surface area contributed by atoms with E-state index in [1.165, 1.54) is 12.8 Å². The van der Waals surface area contributed by atoms with Gasteiger partial charge in [-0.15, -0.1) is 10.2 Å². The zero-order valence-electron chi connectivity index (χ0n) is 15.5. The van der Waals surface area contributed by atoms with Crippen molar-refractivity contribution in [3.8, 4) is 22.9 Å². The number of hydrogen-bond acceptors (Lipinski definition) is 4. The van der Waals surface area contributed by atoms with Crippen LogP contribution in [0, 0.1) is 6.92 Å². The molecule has 0 saturated carbocycles. The summed E-state index contributed by atoms with van der Waals surface area (Å²) in [5.74, 6) is 1.07. The summed E-state index contributed by atoms with van der Waals surface area (Å²) in [6.07, 6.45) is 4.60. The molecule has 0 aliphatic carbocycles. The maximum Gasteiger partial charge on any atom is 0.253 e. The van der Waals surface area contributed by atoms with E-state index in [9.17, 15) is 4.79 Å². The smallest absolute Gasteiger partial charge is 0.253 e. The van der Waals surface area contributed by atoms with Crippen molar-refractivity contribution >= 4 is 5.91 Å². The summed E-state index contributed by atoms with van der Waals surface area (Å²) >= 11 is 0. The molecule has 5 nitrogen and oxygen atoms in total. The highest BCUT2D eigenvalue weighted by atomic mass is 16.4. The molecule has 3 aromatic rings. The molecule has 27 heavy (non-hydrogen) atoms. The normalized spacial score (nSPS) is 14.8. The Kier molecular flexibility index (Phi) is 5.01. The maximum absolute atomic E-state index is 12.7. The molecule has 1 amide bonds. The molecule has 0 radical (unpaired) electrons. The highest BCUT2D eigenvalue weighted by molar-refractivity contribution is 5.94. The molecule has 0 bridgehead atoms. The van der Waals surface area contributed by atoms with Gasteiger partial charge in [0.2, 0.25) is 11.8 Å². The highest BCUT2D eigenvalue weighted by Crippen LogP contribution is 2.26. The fourth-order valence-corrected chi connectivity index (χ4v) is 3.47. The minimum atomic E-state index is 0.106. The van der Waals surface area contributed by atoms with Crippen LogP contribution in [0.25, 0.3) is 22.9 Å². The molecule has 5 heteroatoms. The Labute approximate surface area is 159 Å². The lowest BCUT2D eigenvalue weighted by Crippen LogP contribution is -2.31. The number of nitrogens with zero attached hydrogens (tertiary/aromatic N) is 3. The highest BCUT2D eigenvalue weighted by Gasteiger charge is 2.18. The van der Waals surface area contributed by atoms with E-state index in [1.54, 1.807) is 0 Å². The van der Waals surface area contributed by atoms with E-state index in [-0.39, 0.29) is 5.91 Å². The van der Waals surface area contributed by atoms with E-state index in [4.69, 9.17) is 4.42 Å². The van der Waals surface area contributed by atoms with Crippen LogP contribution in [0.2, 0.25) is 0 Å². The first kappa shape index (κ1) is 17.5. The minimum Gasteiger partial charge on any atom is -0.416 e. The Bertz CT molecular complexity index is 923. The second kappa shape index (κ2) is 7.74. The van der Waals surface area contributed by atoms with Crippen LogP contribution in [0.15, 0.2) is 52.9 Å². The third-order valence-electron chi connectivity index (χ3n) is 5.07. The number of rotatable bonds is 3. The quantitative estimate of drug-likeness (QED) is 0.677. The van der Waals surface area contributed by atoms with Gasteiger partial charge in [0.25, 0.3) is 5.91 Å². The van der Waals surface area contributed by atoms with Crippen molar-refractivity contribution in [2.24, 2.45) is 0 Å². The second-order valence-corrected chi connectivity index (χ2v) is 7.01. The molecule has 1 aliphatic heterocycles. The molecule has 1 saturated heterocycles. The molecule has 4 rings (SSSR count). The van der Waals surface area contributed by atoms with Crippen molar-refractivity contribution in [3.63, 3.8) is 0 Å². The van der Waals surface area contributed by atoms with Crippen LogP contribution in [0.1, 0.15) is 41.6 Å². The van der Waals surface area contributed by atoms with Crippen LogP contribution in [0.5, 0.6) is 0 Å². The molecule has 0 N–H and O–H groups in total. The van der Waals surface area contributed by atoms with E-state index in [1.807, 2.05) is 60.4 Å². The predicted octanol–water partition coefficient (Wildman–Crippen LogP) is 4.73. The molecule has 0 atom stereocenters. The number of aromatic nitrogens is 2. The third-order valence-corrected chi connectivity index (χ3v) is 5.07. The van der Waals surface area contributed by atoms with Crippen LogP contribution in [0.3, 0.4) is 0 Å². The van der Waals surface area contributed by atoms with Gasteiger partial charge in [0, 0.05) is 29.8 Å². The predicted molar refractivity (Wildman–Crippen MR) is 104 cm³/mol. The first-order valence-corrected chi connectivity index (χ1v) is 9.51. The molecule has 1 aromatic heterocycles. The van der Waals surface area contributed by atoms with Gasteiger partial charge in [0.05, 0.1) is 0 Å². The summed E-state index contributed by atoms with van der Waals surface area (Å²) in [7, 11) is 0. The number of carbonyl (C=O) groups is 1. The van der Waals surface area contributed by atoms with Gasteiger partial charge in [0.1, 0.15) is 0 Å². The van der Waals surface area contributed by atoms with E-state index >= 15 is 0 Å². The number of hydrogen-bond donors (Lipinski definition) is 0. The second-order valence-electron chi connectivity index (χ2n) is 7.01. The Morgan fingerprint density at radius 1 is 0.889 bits per heavy atom. The topological polar surface area (TPSA) is 59.2 Å². The number of amides is 1. The minimum absolute atomic E-state index is 0.106. The van der Waals surface area contributed by atoms with Crippen LogP contribution in [-0.4, -0.2) is 34.1 Å². The number of benzene rings is 2. The fraction of sp³-hybridized carbons (Fsp3) is 0.318. The number of carbonyl (C=O) groups excluding carboxylic acids is 1. The van der Waals surface area contributed by atoms with Crippen molar-refractivity contribution in [2.75, 3.05) is 13.1 Å². The van der Waals surface area contributed by atoms with Gasteiger partial charge in [-0.2, -0.15) is 0 Å². The largest absolute Gasteiger partial charge is 0.416 e. The summed E-state index contributed by atoms with van der Waals surface area (Å²) in [4.78, 5) is 14.7. The van der Waals surface area contributed by atoms with Gasteiger partial charge >= 0.3 is 0 Å². The Morgan fingerprint density at radius 3 is 2.26 bits per heavy atom. The molecular weight excluding hydrogens is 338 g/mol. The molecule has 138 valence electrons. The lowest BCUT2D eigenvalue weighted by Gasteiger charge is -2.20. The van der Waals surface area contributed by atoms with Crippen LogP contribution >= 0.6 is 0 Å². The van der Waals surface area contributed by atoms with E-state index < -0.39 is 0 Å². The lowest BCUT2D eigenvalue weighted by molar-refractivity contribution is 0.0761. The average Bonchev–Trinajstić information content (AvgIpc) is 3.03. The van der Waals surface area contributed by atoms with Crippen molar-refractivity contribution in [3.05, 3.63) is 59.7 Å². The molecule has 0 spiro atoms. The van der Waals surface area contributed by atoms with Gasteiger partial charge in [0.15, 0.2) is 0 Å². The first-order chi connectivity index (χ1) is 13.2. The van der Waals surface area contributed by atoms with E-state index in [0.717, 1.165) is 42.6 Å². The van der Waals surface area contributed by atoms with Crippen LogP contribution < -0.4 is 0 Å². The number of aryl methyl sites for hydroxylation is 1. The van der Waals surface area contributed by atoms with Crippen LogP contribution in [0.4, 0.5) is 0 Å². The zero-order valence-corrected chi connectivity index (χ0v) is 15.5. The van der Waals surface area contributed by atoms with E-state index in [2.05, 4.69) is 10.2 Å². The molecule has 2 aromatic carbocycles. The monoisotopic (exact) mass is 361 g/mol. The molecule has 1 fully saturated rings. The summed E-state index contributed by atoms with van der Waals surface area (Å²) in [6.45, 7) is 3.72. The van der Waals surface area contributed by atoms with Crippen LogP contribution in [-0.2, 0) is 0 Å². The summed E-state index contributed by atoms with van der Waals surface area (Å²) < 4.78 is 5.85. The molecule has 2 heterocycles. The van der Waals surface area contributed by atoms with Gasteiger partial charge in [-0.3, -0.25) is 4.79 Å². The maximum atomic E-state index is 12.7. The van der Waals surface area contributed by atoms with Gasteiger partial charge in [-0.1, -0.05) is 31.0 Å². The Morgan fingerprint density at radius 2 is 1.56 bits per heavy atom. The SMILES string of the molecule is Cc1ccccc1-c1nnc(-c2ccc(C(=O)N3CCCCCC3)cc2)o1. The average molecular weight is 361 g/mol. The molecular formula is C22H23N3O2. The first-order valence-electron chi connectivity index (χ1n) is 9.51. The van der Waals surface area contributed by atoms with E-state index in [0.29, 0.717) is 17.3 Å².